The van der Waals surface area contributed by atoms with E-state index >= 15 is 0 Å². The van der Waals surface area contributed by atoms with Crippen LogP contribution >= 0.6 is 11.8 Å². The van der Waals surface area contributed by atoms with E-state index in [4.69, 9.17) is 28.4 Å². The predicted octanol–water partition coefficient (Wildman–Crippen LogP) is 0.841. The van der Waals surface area contributed by atoms with Gasteiger partial charge in [-0.1, -0.05) is 72.4 Å². The maximum absolute atomic E-state index is 10.9. The molecular formula is C26H30O10S. The first-order chi connectivity index (χ1) is 18.0. The number of rotatable bonds is 4. The van der Waals surface area contributed by atoms with E-state index in [-0.39, 0.29) is 13.2 Å². The highest BCUT2D eigenvalue weighted by molar-refractivity contribution is 8.00. The van der Waals surface area contributed by atoms with Crippen molar-refractivity contribution >= 4 is 11.8 Å². The standard InChI is InChI=1S/C26H30O10S/c27-17-19(29)25(33-15-11-31-23(35-21(15)17)13-7-3-1-4-8-13)37-26-20(30)18(28)22-16(34-26)12-32-24(36-22)14-9-5-2-6-10-14/h1-10,15-30H,11-12H2/t15-,16-,17-,18-,19-,20-,21+,22+,23+,24+,25+,26+/m1/s1. The molecule has 0 radical (unpaired) electrons. The minimum absolute atomic E-state index is 0.148. The fraction of sp³-hybridized carbons (Fsp3) is 0.538. The Hall–Kier alpha value is -1.61. The van der Waals surface area contributed by atoms with Crippen molar-refractivity contribution in [1.82, 2.24) is 0 Å². The molecule has 4 aliphatic heterocycles. The molecule has 0 aromatic heterocycles. The number of aliphatic hydroxyl groups is 4. The zero-order valence-electron chi connectivity index (χ0n) is 19.8. The van der Waals surface area contributed by atoms with E-state index in [2.05, 4.69) is 0 Å². The highest BCUT2D eigenvalue weighted by Gasteiger charge is 2.53. The van der Waals surface area contributed by atoms with Crippen LogP contribution in [0.4, 0.5) is 0 Å². The van der Waals surface area contributed by atoms with Gasteiger partial charge >= 0.3 is 0 Å². The van der Waals surface area contributed by atoms with Gasteiger partial charge in [-0.25, -0.2) is 0 Å². The summed E-state index contributed by atoms with van der Waals surface area (Å²) in [6.07, 6.45) is -9.39. The van der Waals surface area contributed by atoms with Crippen molar-refractivity contribution in [2.75, 3.05) is 13.2 Å². The van der Waals surface area contributed by atoms with Gasteiger partial charge in [-0.3, -0.25) is 0 Å². The van der Waals surface area contributed by atoms with Crippen molar-refractivity contribution in [3.8, 4) is 0 Å². The van der Waals surface area contributed by atoms with E-state index in [9.17, 15) is 20.4 Å². The smallest absolute Gasteiger partial charge is 0.184 e. The molecule has 200 valence electrons. The second-order valence-corrected chi connectivity index (χ2v) is 10.7. The maximum Gasteiger partial charge on any atom is 0.184 e. The number of fused-ring (bicyclic) bond motifs is 2. The summed E-state index contributed by atoms with van der Waals surface area (Å²) >= 11 is 0.984. The molecule has 4 saturated heterocycles. The Morgan fingerprint density at radius 1 is 0.541 bits per heavy atom. The minimum Gasteiger partial charge on any atom is -0.387 e. The molecule has 37 heavy (non-hydrogen) atoms. The third kappa shape index (κ3) is 5.07. The van der Waals surface area contributed by atoms with Crippen LogP contribution in [0.15, 0.2) is 60.7 Å². The normalized spacial score (nSPS) is 44.0. The van der Waals surface area contributed by atoms with Gasteiger partial charge in [0.2, 0.25) is 0 Å². The Balaban J connectivity index is 1.09. The molecule has 4 N–H and O–H groups in total. The van der Waals surface area contributed by atoms with Crippen molar-refractivity contribution in [3.63, 3.8) is 0 Å². The van der Waals surface area contributed by atoms with Crippen LogP contribution in [0.1, 0.15) is 23.7 Å². The Morgan fingerprint density at radius 3 is 1.35 bits per heavy atom. The molecule has 2 aromatic rings. The number of benzene rings is 2. The summed E-state index contributed by atoms with van der Waals surface area (Å²) < 4.78 is 35.5. The topological polar surface area (TPSA) is 136 Å². The molecule has 2 aromatic carbocycles. The molecule has 4 aliphatic rings. The van der Waals surface area contributed by atoms with Gasteiger partial charge in [0.05, 0.1) is 13.2 Å². The van der Waals surface area contributed by atoms with Gasteiger partial charge in [0.1, 0.15) is 59.7 Å². The minimum atomic E-state index is -1.33. The van der Waals surface area contributed by atoms with Crippen LogP contribution in [-0.2, 0) is 28.4 Å². The number of hydrogen-bond donors (Lipinski definition) is 4. The van der Waals surface area contributed by atoms with Gasteiger partial charge in [0, 0.05) is 11.1 Å². The zero-order chi connectivity index (χ0) is 25.5. The number of hydrogen-bond acceptors (Lipinski definition) is 11. The highest BCUT2D eigenvalue weighted by atomic mass is 32.2. The van der Waals surface area contributed by atoms with Gasteiger partial charge in [0.15, 0.2) is 12.6 Å². The van der Waals surface area contributed by atoms with Crippen LogP contribution in [-0.4, -0.2) is 93.3 Å². The molecule has 0 unspecified atom stereocenters. The lowest BCUT2D eigenvalue weighted by Crippen LogP contribution is -2.63. The molecule has 11 heteroatoms. The summed E-state index contributed by atoms with van der Waals surface area (Å²) in [6, 6.07) is 18.7. The second kappa shape index (κ2) is 10.9. The largest absolute Gasteiger partial charge is 0.387 e. The third-order valence-electron chi connectivity index (χ3n) is 7.08. The monoisotopic (exact) mass is 534 g/mol. The zero-order valence-corrected chi connectivity index (χ0v) is 20.6. The van der Waals surface area contributed by atoms with Crippen LogP contribution in [0, 0.1) is 0 Å². The van der Waals surface area contributed by atoms with Gasteiger partial charge < -0.3 is 48.8 Å². The summed E-state index contributed by atoms with van der Waals surface area (Å²) in [6.45, 7) is 0.296. The molecule has 6 rings (SSSR count). The molecule has 12 atom stereocenters. The van der Waals surface area contributed by atoms with Crippen LogP contribution in [0.2, 0.25) is 0 Å². The average Bonchev–Trinajstić information content (AvgIpc) is 2.95. The molecule has 0 saturated carbocycles. The van der Waals surface area contributed by atoms with Crippen LogP contribution < -0.4 is 0 Å². The van der Waals surface area contributed by atoms with Crippen LogP contribution in [0.3, 0.4) is 0 Å². The Kier molecular flexibility index (Phi) is 7.54. The van der Waals surface area contributed by atoms with E-state index < -0.39 is 72.3 Å². The van der Waals surface area contributed by atoms with E-state index in [1.807, 2.05) is 60.7 Å². The van der Waals surface area contributed by atoms with Crippen LogP contribution in [0.25, 0.3) is 0 Å². The fourth-order valence-corrected chi connectivity index (χ4v) is 6.39. The number of aliphatic hydroxyl groups excluding tert-OH is 4. The van der Waals surface area contributed by atoms with Crippen molar-refractivity contribution in [2.45, 2.75) is 72.3 Å². The highest BCUT2D eigenvalue weighted by Crippen LogP contribution is 2.42. The second-order valence-electron chi connectivity index (χ2n) is 9.54. The Bertz CT molecular complexity index is 945. The number of ether oxygens (including phenoxy) is 6. The first-order valence-corrected chi connectivity index (χ1v) is 13.3. The SMILES string of the molecule is O[C@@H]1[C@@H](O)[C@H](S[C@@H]2O[C@@H]3CO[C@H](c4ccccc4)O[C@@H]3[C@H](O)[C@H]2O)O[C@@H]2CO[C@H](c3ccccc3)O[C@H]12. The third-order valence-corrected chi connectivity index (χ3v) is 8.39. The maximum atomic E-state index is 10.9. The van der Waals surface area contributed by atoms with E-state index in [1.165, 1.54) is 0 Å². The lowest BCUT2D eigenvalue weighted by atomic mass is 9.98. The number of thioether (sulfide) groups is 1. The van der Waals surface area contributed by atoms with Gasteiger partial charge in [0.25, 0.3) is 0 Å². The molecule has 0 aliphatic carbocycles. The predicted molar refractivity (Wildman–Crippen MR) is 129 cm³/mol. The van der Waals surface area contributed by atoms with Gasteiger partial charge in [-0.15, -0.1) is 0 Å². The first-order valence-electron chi connectivity index (χ1n) is 12.3. The summed E-state index contributed by atoms with van der Waals surface area (Å²) in [7, 11) is 0. The molecular weight excluding hydrogens is 504 g/mol. The molecule has 0 spiro atoms. The van der Waals surface area contributed by atoms with E-state index in [0.717, 1.165) is 22.9 Å². The van der Waals surface area contributed by atoms with E-state index in [0.29, 0.717) is 0 Å². The van der Waals surface area contributed by atoms with Crippen molar-refractivity contribution in [3.05, 3.63) is 71.8 Å². The molecule has 4 fully saturated rings. The summed E-state index contributed by atoms with van der Waals surface area (Å²) in [5.41, 5.74) is -0.314. The molecule has 0 bridgehead atoms. The average molecular weight is 535 g/mol. The molecule has 4 heterocycles. The van der Waals surface area contributed by atoms with Crippen molar-refractivity contribution < 1.29 is 48.8 Å². The quantitative estimate of drug-likeness (QED) is 0.444. The van der Waals surface area contributed by atoms with E-state index in [1.54, 1.807) is 0 Å². The molecule has 0 amide bonds. The Morgan fingerprint density at radius 2 is 0.946 bits per heavy atom. The lowest BCUT2D eigenvalue weighted by Gasteiger charge is -2.49. The Labute approximate surface area is 218 Å². The summed E-state index contributed by atoms with van der Waals surface area (Å²) in [5, 5.41) is 43.4. The fourth-order valence-electron chi connectivity index (χ4n) is 5.07. The van der Waals surface area contributed by atoms with Gasteiger partial charge in [-0.05, 0) is 0 Å². The van der Waals surface area contributed by atoms with Crippen molar-refractivity contribution in [2.24, 2.45) is 0 Å². The summed E-state index contributed by atoms with van der Waals surface area (Å²) in [4.78, 5) is 0. The van der Waals surface area contributed by atoms with Gasteiger partial charge in [-0.2, -0.15) is 0 Å². The summed E-state index contributed by atoms with van der Waals surface area (Å²) in [5.74, 6) is 0. The lowest BCUT2D eigenvalue weighted by molar-refractivity contribution is -0.322. The first kappa shape index (κ1) is 25.7. The molecule has 10 nitrogen and oxygen atoms in total. The van der Waals surface area contributed by atoms with Crippen molar-refractivity contribution in [1.29, 1.82) is 0 Å². The van der Waals surface area contributed by atoms with Crippen LogP contribution in [0.5, 0.6) is 0 Å².